The van der Waals surface area contributed by atoms with Crippen molar-refractivity contribution >= 4 is 23.9 Å². The third-order valence-electron chi connectivity index (χ3n) is 4.66. The van der Waals surface area contributed by atoms with Crippen LogP contribution in [0.4, 0.5) is 0 Å². The summed E-state index contributed by atoms with van der Waals surface area (Å²) in [7, 11) is -5.68. The summed E-state index contributed by atoms with van der Waals surface area (Å²) in [6.45, 7) is 16.1. The number of hydrogen-bond acceptors (Lipinski definition) is 6. The van der Waals surface area contributed by atoms with E-state index in [1.807, 2.05) is 0 Å². The summed E-state index contributed by atoms with van der Waals surface area (Å²) in [5, 5.41) is 3.99. The summed E-state index contributed by atoms with van der Waals surface area (Å²) in [4.78, 5) is 8.49. The van der Waals surface area contributed by atoms with Crippen LogP contribution in [0.1, 0.15) is 33.4 Å². The molecule has 0 spiro atoms. The van der Waals surface area contributed by atoms with Crippen molar-refractivity contribution in [2.24, 2.45) is 0 Å². The minimum atomic E-state index is -3.48. The SMILES string of the molecule is C=C(O[Si](C)(C)C(C)(C)C)c1nc(-n2cncn2)ccc1S(=O)(=O)CC. The normalized spacial score (nSPS) is 12.8. The van der Waals surface area contributed by atoms with Crippen LogP contribution in [0.2, 0.25) is 18.1 Å². The van der Waals surface area contributed by atoms with Crippen LogP contribution in [0.15, 0.2) is 36.3 Å². The Bertz CT molecular complexity index is 901. The molecule has 7 nitrogen and oxygen atoms in total. The Balaban J connectivity index is 2.56. The van der Waals surface area contributed by atoms with Crippen LogP contribution < -0.4 is 0 Å². The highest BCUT2D eigenvalue weighted by Crippen LogP contribution is 2.39. The number of hydrogen-bond donors (Lipinski definition) is 0. The van der Waals surface area contributed by atoms with E-state index >= 15 is 0 Å². The van der Waals surface area contributed by atoms with Crippen LogP contribution in [-0.4, -0.2) is 42.2 Å². The predicted molar refractivity (Wildman–Crippen MR) is 104 cm³/mol. The van der Waals surface area contributed by atoms with Crippen molar-refractivity contribution in [1.29, 1.82) is 0 Å². The topological polar surface area (TPSA) is 87.0 Å². The Morgan fingerprint density at radius 3 is 2.46 bits per heavy atom. The van der Waals surface area contributed by atoms with E-state index in [2.05, 4.69) is 55.5 Å². The first-order valence-electron chi connectivity index (χ1n) is 8.36. The van der Waals surface area contributed by atoms with E-state index in [4.69, 9.17) is 4.43 Å². The summed E-state index contributed by atoms with van der Waals surface area (Å²) in [6, 6.07) is 3.12. The maximum Gasteiger partial charge on any atom is 0.250 e. The van der Waals surface area contributed by atoms with Gasteiger partial charge in [-0.25, -0.2) is 23.1 Å². The van der Waals surface area contributed by atoms with Crippen LogP contribution in [0.25, 0.3) is 11.6 Å². The first-order chi connectivity index (χ1) is 11.9. The van der Waals surface area contributed by atoms with Gasteiger partial charge in [0.05, 0.1) is 10.6 Å². The fourth-order valence-electron chi connectivity index (χ4n) is 2.01. The molecule has 0 unspecified atom stereocenters. The molecule has 0 aliphatic carbocycles. The summed E-state index contributed by atoms with van der Waals surface area (Å²) in [5.74, 6) is 0.690. The third kappa shape index (κ3) is 4.04. The molecule has 2 rings (SSSR count). The van der Waals surface area contributed by atoms with Crippen molar-refractivity contribution in [3.8, 4) is 5.82 Å². The molecule has 2 aromatic rings. The van der Waals surface area contributed by atoms with Gasteiger partial charge in [0.25, 0.3) is 8.32 Å². The van der Waals surface area contributed by atoms with Crippen LogP contribution in [0, 0.1) is 0 Å². The van der Waals surface area contributed by atoms with Gasteiger partial charge >= 0.3 is 0 Å². The molecular weight excluding hydrogens is 368 g/mol. The monoisotopic (exact) mass is 394 g/mol. The molecule has 0 atom stereocenters. The molecular formula is C17H26N4O3SSi. The van der Waals surface area contributed by atoms with E-state index in [1.54, 1.807) is 13.0 Å². The van der Waals surface area contributed by atoms with Crippen LogP contribution in [0.5, 0.6) is 0 Å². The highest BCUT2D eigenvalue weighted by molar-refractivity contribution is 7.91. The highest BCUT2D eigenvalue weighted by atomic mass is 32.2. The number of rotatable bonds is 6. The first-order valence-corrected chi connectivity index (χ1v) is 12.9. The molecule has 9 heteroatoms. The molecule has 0 aliphatic rings. The fourth-order valence-corrected chi connectivity index (χ4v) is 4.07. The summed E-state index contributed by atoms with van der Waals surface area (Å²) < 4.78 is 32.7. The molecule has 2 heterocycles. The van der Waals surface area contributed by atoms with Gasteiger partial charge in [-0.05, 0) is 30.3 Å². The predicted octanol–water partition coefficient (Wildman–Crippen LogP) is 3.45. The minimum Gasteiger partial charge on any atom is -0.542 e. The molecule has 0 amide bonds. The fraction of sp³-hybridized carbons (Fsp3) is 0.471. The lowest BCUT2D eigenvalue weighted by molar-refractivity contribution is 0.455. The van der Waals surface area contributed by atoms with Gasteiger partial charge in [0.1, 0.15) is 24.1 Å². The molecule has 0 saturated carbocycles. The maximum atomic E-state index is 12.5. The van der Waals surface area contributed by atoms with E-state index in [-0.39, 0.29) is 27.1 Å². The van der Waals surface area contributed by atoms with Crippen molar-refractivity contribution < 1.29 is 12.8 Å². The Hall–Kier alpha value is -2.00. The Labute approximate surface area is 156 Å². The lowest BCUT2D eigenvalue weighted by atomic mass is 10.2. The molecule has 0 aliphatic heterocycles. The van der Waals surface area contributed by atoms with Crippen molar-refractivity contribution in [3.05, 3.63) is 37.1 Å². The second-order valence-corrected chi connectivity index (χ2v) is 14.5. The number of aromatic nitrogens is 4. The molecule has 0 radical (unpaired) electrons. The van der Waals surface area contributed by atoms with Gasteiger partial charge in [0, 0.05) is 0 Å². The molecule has 0 saturated heterocycles. The van der Waals surface area contributed by atoms with Crippen LogP contribution in [-0.2, 0) is 14.3 Å². The molecule has 2 aromatic heterocycles. The Morgan fingerprint density at radius 2 is 1.96 bits per heavy atom. The average molecular weight is 395 g/mol. The number of sulfone groups is 1. The van der Waals surface area contributed by atoms with Crippen molar-refractivity contribution in [3.63, 3.8) is 0 Å². The van der Waals surface area contributed by atoms with Crippen LogP contribution >= 0.6 is 0 Å². The zero-order chi connectivity index (χ0) is 19.8. The molecule has 0 N–H and O–H groups in total. The minimum absolute atomic E-state index is 0.0300. The van der Waals surface area contributed by atoms with Crippen molar-refractivity contribution in [2.75, 3.05) is 5.75 Å². The summed E-state index contributed by atoms with van der Waals surface area (Å²) in [5.41, 5.74) is 0.227. The van der Waals surface area contributed by atoms with E-state index in [1.165, 1.54) is 23.4 Å². The highest BCUT2D eigenvalue weighted by Gasteiger charge is 2.40. The third-order valence-corrected chi connectivity index (χ3v) is 10.8. The zero-order valence-electron chi connectivity index (χ0n) is 16.1. The molecule has 0 fully saturated rings. The molecule has 26 heavy (non-hydrogen) atoms. The van der Waals surface area contributed by atoms with Crippen molar-refractivity contribution in [1.82, 2.24) is 19.7 Å². The second-order valence-electron chi connectivity index (χ2n) is 7.55. The number of pyridine rings is 1. The van der Waals surface area contributed by atoms with Gasteiger partial charge in [-0.2, -0.15) is 5.10 Å². The largest absolute Gasteiger partial charge is 0.542 e. The molecule has 0 aromatic carbocycles. The van der Waals surface area contributed by atoms with E-state index < -0.39 is 18.2 Å². The van der Waals surface area contributed by atoms with E-state index in [9.17, 15) is 8.42 Å². The molecule has 0 bridgehead atoms. The van der Waals surface area contributed by atoms with Gasteiger partial charge in [-0.1, -0.05) is 34.3 Å². The lowest BCUT2D eigenvalue weighted by Crippen LogP contribution is -2.40. The number of nitrogens with zero attached hydrogens (tertiary/aromatic N) is 4. The average Bonchev–Trinajstić information content (AvgIpc) is 3.07. The maximum absolute atomic E-state index is 12.5. The van der Waals surface area contributed by atoms with E-state index in [0.717, 1.165) is 0 Å². The quantitative estimate of drug-likeness (QED) is 0.551. The van der Waals surface area contributed by atoms with Gasteiger partial charge < -0.3 is 4.43 Å². The van der Waals surface area contributed by atoms with Gasteiger partial charge in [-0.15, -0.1) is 0 Å². The smallest absolute Gasteiger partial charge is 0.250 e. The first kappa shape index (κ1) is 20.3. The Morgan fingerprint density at radius 1 is 1.31 bits per heavy atom. The zero-order valence-corrected chi connectivity index (χ0v) is 18.0. The van der Waals surface area contributed by atoms with Crippen LogP contribution in [0.3, 0.4) is 0 Å². The van der Waals surface area contributed by atoms with Gasteiger partial charge in [0.15, 0.2) is 15.7 Å². The summed E-state index contributed by atoms with van der Waals surface area (Å²) >= 11 is 0. The molecule has 142 valence electrons. The van der Waals surface area contributed by atoms with Gasteiger partial charge in [0.2, 0.25) is 0 Å². The second kappa shape index (κ2) is 6.96. The standard InChI is InChI=1S/C17H26N4O3SSi/c1-8-25(22,23)14-9-10-15(21-12-18-11-19-21)20-16(14)13(2)24-26(6,7)17(3,4)5/h9-12H,2,8H2,1,3-7H3. The summed E-state index contributed by atoms with van der Waals surface area (Å²) in [6.07, 6.45) is 2.89. The van der Waals surface area contributed by atoms with E-state index in [0.29, 0.717) is 5.82 Å². The van der Waals surface area contributed by atoms with Gasteiger partial charge in [-0.3, -0.25) is 0 Å². The lowest BCUT2D eigenvalue weighted by Gasteiger charge is -2.37. The van der Waals surface area contributed by atoms with Crippen molar-refractivity contribution in [2.45, 2.75) is 50.7 Å². The Kier molecular flexibility index (Phi) is 5.43.